The summed E-state index contributed by atoms with van der Waals surface area (Å²) in [5.74, 6) is -1.54. The van der Waals surface area contributed by atoms with Gasteiger partial charge in [0.1, 0.15) is 0 Å². The van der Waals surface area contributed by atoms with Crippen LogP contribution >= 0.6 is 15.9 Å². The van der Waals surface area contributed by atoms with E-state index in [-0.39, 0.29) is 25.3 Å². The molecular formula is C9H13BrF3NO. The van der Waals surface area contributed by atoms with Crippen molar-refractivity contribution in [2.24, 2.45) is 5.92 Å². The molecule has 88 valence electrons. The van der Waals surface area contributed by atoms with Crippen molar-refractivity contribution < 1.29 is 18.0 Å². The molecule has 0 aliphatic carbocycles. The first-order valence-electron chi connectivity index (χ1n) is 4.85. The van der Waals surface area contributed by atoms with Crippen molar-refractivity contribution in [2.75, 3.05) is 18.4 Å². The van der Waals surface area contributed by atoms with Crippen molar-refractivity contribution in [1.29, 1.82) is 0 Å². The number of hydrogen-bond donors (Lipinski definition) is 0. The first kappa shape index (κ1) is 12.8. The van der Waals surface area contributed by atoms with Gasteiger partial charge in [0.05, 0.1) is 5.92 Å². The second kappa shape index (κ2) is 5.18. The highest BCUT2D eigenvalue weighted by molar-refractivity contribution is 9.09. The van der Waals surface area contributed by atoms with Crippen LogP contribution in [0.3, 0.4) is 0 Å². The van der Waals surface area contributed by atoms with Crippen LogP contribution in [0.1, 0.15) is 19.3 Å². The number of carbonyl (C=O) groups is 1. The van der Waals surface area contributed by atoms with Crippen LogP contribution in [0.25, 0.3) is 0 Å². The molecule has 1 aliphatic heterocycles. The molecule has 1 unspecified atom stereocenters. The highest BCUT2D eigenvalue weighted by Gasteiger charge is 2.42. The van der Waals surface area contributed by atoms with E-state index in [9.17, 15) is 18.0 Å². The van der Waals surface area contributed by atoms with E-state index in [1.54, 1.807) is 0 Å². The van der Waals surface area contributed by atoms with Crippen molar-refractivity contribution in [3.05, 3.63) is 0 Å². The van der Waals surface area contributed by atoms with Gasteiger partial charge in [0.15, 0.2) is 0 Å². The molecule has 0 aromatic rings. The normalized spacial score (nSPS) is 22.9. The third-order valence-corrected chi connectivity index (χ3v) is 2.94. The SMILES string of the molecule is O=C(CCBr)N1CCCC(C(F)(F)F)C1. The third kappa shape index (κ3) is 3.66. The van der Waals surface area contributed by atoms with Gasteiger partial charge in [0.25, 0.3) is 0 Å². The number of rotatable bonds is 2. The minimum atomic E-state index is -4.17. The van der Waals surface area contributed by atoms with Crippen LogP contribution < -0.4 is 0 Å². The summed E-state index contributed by atoms with van der Waals surface area (Å²) in [7, 11) is 0. The number of amides is 1. The first-order chi connectivity index (χ1) is 6.95. The molecule has 0 aromatic heterocycles. The third-order valence-electron chi connectivity index (χ3n) is 2.55. The average Bonchev–Trinajstić information content (AvgIpc) is 2.17. The highest BCUT2D eigenvalue weighted by atomic mass is 79.9. The summed E-state index contributed by atoms with van der Waals surface area (Å²) in [5, 5.41) is 0.499. The number of halogens is 4. The van der Waals surface area contributed by atoms with Gasteiger partial charge in [-0.15, -0.1) is 0 Å². The summed E-state index contributed by atoms with van der Waals surface area (Å²) in [5.41, 5.74) is 0. The Morgan fingerprint density at radius 2 is 2.13 bits per heavy atom. The maximum Gasteiger partial charge on any atom is 0.393 e. The van der Waals surface area contributed by atoms with E-state index in [2.05, 4.69) is 15.9 Å². The Bertz CT molecular complexity index is 232. The van der Waals surface area contributed by atoms with E-state index in [0.717, 1.165) is 0 Å². The van der Waals surface area contributed by atoms with Gasteiger partial charge in [0, 0.05) is 24.8 Å². The summed E-state index contributed by atoms with van der Waals surface area (Å²) >= 11 is 3.10. The second-order valence-electron chi connectivity index (χ2n) is 3.66. The molecule has 1 heterocycles. The van der Waals surface area contributed by atoms with Crippen LogP contribution in [0.5, 0.6) is 0 Å². The number of hydrogen-bond acceptors (Lipinski definition) is 1. The number of piperidine rings is 1. The Balaban J connectivity index is 2.52. The molecule has 0 spiro atoms. The fraction of sp³-hybridized carbons (Fsp3) is 0.889. The fourth-order valence-corrected chi connectivity index (χ4v) is 2.05. The standard InChI is InChI=1S/C9H13BrF3NO/c10-4-3-8(15)14-5-1-2-7(6-14)9(11,12)13/h7H,1-6H2. The van der Waals surface area contributed by atoms with Crippen LogP contribution in [-0.2, 0) is 4.79 Å². The predicted molar refractivity (Wildman–Crippen MR) is 53.8 cm³/mol. The van der Waals surface area contributed by atoms with E-state index >= 15 is 0 Å². The maximum atomic E-state index is 12.4. The summed E-state index contributed by atoms with van der Waals surface area (Å²) in [6.07, 6.45) is -3.32. The molecule has 0 saturated carbocycles. The Kier molecular flexibility index (Phi) is 4.43. The van der Waals surface area contributed by atoms with Crippen molar-refractivity contribution in [2.45, 2.75) is 25.4 Å². The molecule has 1 aliphatic rings. The topological polar surface area (TPSA) is 20.3 Å². The highest BCUT2D eigenvalue weighted by Crippen LogP contribution is 2.33. The van der Waals surface area contributed by atoms with Crippen molar-refractivity contribution in [1.82, 2.24) is 4.90 Å². The molecule has 0 N–H and O–H groups in total. The van der Waals surface area contributed by atoms with Crippen molar-refractivity contribution >= 4 is 21.8 Å². The minimum Gasteiger partial charge on any atom is -0.342 e. The van der Waals surface area contributed by atoms with Crippen molar-refractivity contribution in [3.63, 3.8) is 0 Å². The largest absolute Gasteiger partial charge is 0.393 e. The Labute approximate surface area is 94.9 Å². The van der Waals surface area contributed by atoms with E-state index in [4.69, 9.17) is 0 Å². The minimum absolute atomic E-state index is 0.140. The Hall–Kier alpha value is -0.260. The smallest absolute Gasteiger partial charge is 0.342 e. The van der Waals surface area contributed by atoms with Gasteiger partial charge in [0.2, 0.25) is 5.91 Å². The van der Waals surface area contributed by atoms with Crippen LogP contribution in [0.4, 0.5) is 13.2 Å². The molecule has 0 radical (unpaired) electrons. The molecule has 1 saturated heterocycles. The number of likely N-dealkylation sites (tertiary alicyclic amines) is 1. The number of nitrogens with zero attached hydrogens (tertiary/aromatic N) is 1. The zero-order valence-corrected chi connectivity index (χ0v) is 9.77. The molecule has 0 aromatic carbocycles. The zero-order valence-electron chi connectivity index (χ0n) is 8.19. The molecule has 1 atom stereocenters. The molecule has 2 nitrogen and oxygen atoms in total. The van der Waals surface area contributed by atoms with E-state index in [0.29, 0.717) is 18.3 Å². The summed E-state index contributed by atoms with van der Waals surface area (Å²) in [6, 6.07) is 0. The van der Waals surface area contributed by atoms with Gasteiger partial charge >= 0.3 is 6.18 Å². The van der Waals surface area contributed by atoms with Crippen LogP contribution in [-0.4, -0.2) is 35.4 Å². The fourth-order valence-electron chi connectivity index (χ4n) is 1.71. The van der Waals surface area contributed by atoms with Crippen molar-refractivity contribution in [3.8, 4) is 0 Å². The molecule has 1 rings (SSSR count). The first-order valence-corrected chi connectivity index (χ1v) is 5.97. The number of alkyl halides is 4. The van der Waals surface area contributed by atoms with E-state index in [1.807, 2.05) is 0 Å². The van der Waals surface area contributed by atoms with Crippen LogP contribution in [0.15, 0.2) is 0 Å². The van der Waals surface area contributed by atoms with Crippen LogP contribution in [0, 0.1) is 5.92 Å². The van der Waals surface area contributed by atoms with Gasteiger partial charge in [-0.25, -0.2) is 0 Å². The lowest BCUT2D eigenvalue weighted by Gasteiger charge is -2.33. The van der Waals surface area contributed by atoms with Gasteiger partial charge in [-0.2, -0.15) is 13.2 Å². The molecule has 6 heteroatoms. The molecular weight excluding hydrogens is 275 g/mol. The summed E-state index contributed by atoms with van der Waals surface area (Å²) in [4.78, 5) is 12.7. The van der Waals surface area contributed by atoms with E-state index in [1.165, 1.54) is 4.90 Å². The van der Waals surface area contributed by atoms with Gasteiger partial charge < -0.3 is 4.90 Å². The lowest BCUT2D eigenvalue weighted by molar-refractivity contribution is -0.188. The Morgan fingerprint density at radius 3 is 2.67 bits per heavy atom. The second-order valence-corrected chi connectivity index (χ2v) is 4.45. The van der Waals surface area contributed by atoms with Crippen LogP contribution in [0.2, 0.25) is 0 Å². The summed E-state index contributed by atoms with van der Waals surface area (Å²) < 4.78 is 37.2. The maximum absolute atomic E-state index is 12.4. The Morgan fingerprint density at radius 1 is 1.47 bits per heavy atom. The summed E-state index contributed by atoms with van der Waals surface area (Å²) in [6.45, 7) is 0.285. The van der Waals surface area contributed by atoms with Gasteiger partial charge in [-0.3, -0.25) is 4.79 Å². The molecule has 0 bridgehead atoms. The molecule has 1 fully saturated rings. The lowest BCUT2D eigenvalue weighted by Crippen LogP contribution is -2.44. The quantitative estimate of drug-likeness (QED) is 0.715. The predicted octanol–water partition coefficient (Wildman–Crippen LogP) is 2.57. The zero-order chi connectivity index (χ0) is 11.5. The monoisotopic (exact) mass is 287 g/mol. The average molecular weight is 288 g/mol. The molecule has 1 amide bonds. The van der Waals surface area contributed by atoms with Gasteiger partial charge in [-0.1, -0.05) is 15.9 Å². The lowest BCUT2D eigenvalue weighted by atomic mass is 9.97. The van der Waals surface area contributed by atoms with Gasteiger partial charge in [-0.05, 0) is 12.8 Å². The number of carbonyl (C=O) groups excluding carboxylic acids is 1. The van der Waals surface area contributed by atoms with E-state index < -0.39 is 12.1 Å². The molecule has 15 heavy (non-hydrogen) atoms.